The highest BCUT2D eigenvalue weighted by molar-refractivity contribution is 5.82. The van der Waals surface area contributed by atoms with Crippen molar-refractivity contribution in [2.45, 2.75) is 20.4 Å². The van der Waals surface area contributed by atoms with Crippen LogP contribution in [0.2, 0.25) is 0 Å². The number of hydrogen-bond donors (Lipinski definition) is 0. The summed E-state index contributed by atoms with van der Waals surface area (Å²) in [7, 11) is 0. The van der Waals surface area contributed by atoms with E-state index in [0.29, 0.717) is 18.3 Å². The SMILES string of the molecule is Cc1cccc(Cn2ccc(-c3cccc(-c4ccccc4-c4nnc(C)o4)c3)n2)n1. The molecule has 31 heavy (non-hydrogen) atoms. The van der Waals surface area contributed by atoms with Crippen LogP contribution in [0.15, 0.2) is 83.4 Å². The van der Waals surface area contributed by atoms with Gasteiger partial charge in [0.2, 0.25) is 11.8 Å². The molecule has 152 valence electrons. The van der Waals surface area contributed by atoms with Gasteiger partial charge in [0.15, 0.2) is 0 Å². The van der Waals surface area contributed by atoms with Crippen molar-refractivity contribution in [1.82, 2.24) is 25.0 Å². The van der Waals surface area contributed by atoms with Gasteiger partial charge in [-0.3, -0.25) is 9.67 Å². The van der Waals surface area contributed by atoms with Crippen molar-refractivity contribution in [3.63, 3.8) is 0 Å². The number of rotatable bonds is 5. The molecule has 0 fully saturated rings. The summed E-state index contributed by atoms with van der Waals surface area (Å²) in [4.78, 5) is 4.56. The third-order valence-corrected chi connectivity index (χ3v) is 5.06. The Hall–Kier alpha value is -4.06. The zero-order valence-corrected chi connectivity index (χ0v) is 17.4. The van der Waals surface area contributed by atoms with Crippen LogP contribution in [0.1, 0.15) is 17.3 Å². The minimum atomic E-state index is 0.522. The topological polar surface area (TPSA) is 69.6 Å². The van der Waals surface area contributed by atoms with E-state index in [2.05, 4.69) is 39.4 Å². The van der Waals surface area contributed by atoms with Gasteiger partial charge in [-0.25, -0.2) is 0 Å². The zero-order valence-electron chi connectivity index (χ0n) is 17.4. The van der Waals surface area contributed by atoms with E-state index in [0.717, 1.165) is 39.3 Å². The van der Waals surface area contributed by atoms with E-state index in [9.17, 15) is 0 Å². The molecule has 6 heteroatoms. The summed E-state index contributed by atoms with van der Waals surface area (Å²) in [6.07, 6.45) is 1.99. The number of nitrogens with zero attached hydrogens (tertiary/aromatic N) is 5. The Morgan fingerprint density at radius 1 is 0.806 bits per heavy atom. The minimum Gasteiger partial charge on any atom is -0.421 e. The molecule has 0 aliphatic rings. The van der Waals surface area contributed by atoms with E-state index in [-0.39, 0.29) is 0 Å². The number of benzene rings is 2. The van der Waals surface area contributed by atoms with Crippen LogP contribution in [0.5, 0.6) is 0 Å². The fourth-order valence-electron chi connectivity index (χ4n) is 3.63. The van der Waals surface area contributed by atoms with E-state index in [1.165, 1.54) is 0 Å². The van der Waals surface area contributed by atoms with Gasteiger partial charge in [0.25, 0.3) is 0 Å². The largest absolute Gasteiger partial charge is 0.421 e. The molecule has 0 amide bonds. The minimum absolute atomic E-state index is 0.522. The molecule has 0 saturated carbocycles. The second kappa shape index (κ2) is 7.99. The molecule has 5 aromatic rings. The first-order chi connectivity index (χ1) is 15.2. The highest BCUT2D eigenvalue weighted by Crippen LogP contribution is 2.33. The molecule has 0 saturated heterocycles. The molecular weight excluding hydrogens is 386 g/mol. The Balaban J connectivity index is 1.47. The van der Waals surface area contributed by atoms with Gasteiger partial charge in [0, 0.05) is 29.9 Å². The fourth-order valence-corrected chi connectivity index (χ4v) is 3.63. The Labute approximate surface area is 180 Å². The molecule has 0 unspecified atom stereocenters. The maximum absolute atomic E-state index is 5.67. The van der Waals surface area contributed by atoms with Gasteiger partial charge in [-0.2, -0.15) is 5.10 Å². The fraction of sp³-hybridized carbons (Fsp3) is 0.120. The monoisotopic (exact) mass is 407 g/mol. The third-order valence-electron chi connectivity index (χ3n) is 5.06. The maximum Gasteiger partial charge on any atom is 0.248 e. The van der Waals surface area contributed by atoms with Crippen LogP contribution in [0, 0.1) is 13.8 Å². The molecule has 2 aromatic carbocycles. The Kier molecular flexibility index (Phi) is 4.88. The van der Waals surface area contributed by atoms with Crippen LogP contribution in [-0.4, -0.2) is 25.0 Å². The first kappa shape index (κ1) is 18.9. The van der Waals surface area contributed by atoms with Crippen LogP contribution in [0.4, 0.5) is 0 Å². The summed E-state index contributed by atoms with van der Waals surface area (Å²) in [5, 5.41) is 12.9. The number of pyridine rings is 1. The van der Waals surface area contributed by atoms with Crippen molar-refractivity contribution in [3.05, 3.63) is 96.3 Å². The van der Waals surface area contributed by atoms with E-state index in [4.69, 9.17) is 9.52 Å². The Morgan fingerprint density at radius 3 is 2.42 bits per heavy atom. The van der Waals surface area contributed by atoms with Gasteiger partial charge in [0.05, 0.1) is 17.9 Å². The predicted octanol–water partition coefficient (Wildman–Crippen LogP) is 5.33. The average molecular weight is 407 g/mol. The molecule has 0 bridgehead atoms. The van der Waals surface area contributed by atoms with Gasteiger partial charge in [-0.05, 0) is 48.4 Å². The second-order valence-corrected chi connectivity index (χ2v) is 7.42. The summed E-state index contributed by atoms with van der Waals surface area (Å²) in [5.41, 5.74) is 6.98. The second-order valence-electron chi connectivity index (χ2n) is 7.42. The maximum atomic E-state index is 5.67. The van der Waals surface area contributed by atoms with Gasteiger partial charge < -0.3 is 4.42 Å². The van der Waals surface area contributed by atoms with Crippen molar-refractivity contribution >= 4 is 0 Å². The number of hydrogen-bond acceptors (Lipinski definition) is 5. The Bertz CT molecular complexity index is 1350. The molecule has 0 spiro atoms. The van der Waals surface area contributed by atoms with E-state index in [1.807, 2.05) is 66.3 Å². The highest BCUT2D eigenvalue weighted by atomic mass is 16.4. The normalized spacial score (nSPS) is 11.0. The smallest absolute Gasteiger partial charge is 0.248 e. The van der Waals surface area contributed by atoms with Crippen molar-refractivity contribution in [3.8, 4) is 33.8 Å². The van der Waals surface area contributed by atoms with Gasteiger partial charge >= 0.3 is 0 Å². The molecule has 0 atom stereocenters. The lowest BCUT2D eigenvalue weighted by Crippen LogP contribution is -2.03. The quantitative estimate of drug-likeness (QED) is 0.394. The lowest BCUT2D eigenvalue weighted by molar-refractivity contribution is 0.533. The molecule has 3 aromatic heterocycles. The molecule has 0 radical (unpaired) electrons. The Morgan fingerprint density at radius 2 is 1.61 bits per heavy atom. The first-order valence-corrected chi connectivity index (χ1v) is 10.1. The molecule has 0 aliphatic carbocycles. The summed E-state index contributed by atoms with van der Waals surface area (Å²) < 4.78 is 7.59. The third kappa shape index (κ3) is 4.00. The van der Waals surface area contributed by atoms with E-state index < -0.39 is 0 Å². The zero-order chi connectivity index (χ0) is 21.2. The molecule has 5 rings (SSSR count). The predicted molar refractivity (Wildman–Crippen MR) is 119 cm³/mol. The standard InChI is InChI=1S/C25H21N5O/c1-17-7-5-10-21(26-17)16-30-14-13-24(29-30)20-9-6-8-19(15-20)22-11-3-4-12-23(22)25-28-27-18(2)31-25/h3-15H,16H2,1-2H3. The summed E-state index contributed by atoms with van der Waals surface area (Å²) >= 11 is 0. The van der Waals surface area contributed by atoms with Crippen molar-refractivity contribution in [1.29, 1.82) is 0 Å². The molecule has 0 aliphatic heterocycles. The van der Waals surface area contributed by atoms with Crippen molar-refractivity contribution in [2.24, 2.45) is 0 Å². The van der Waals surface area contributed by atoms with Gasteiger partial charge in [-0.15, -0.1) is 10.2 Å². The van der Waals surface area contributed by atoms with E-state index in [1.54, 1.807) is 6.92 Å². The van der Waals surface area contributed by atoms with Crippen LogP contribution >= 0.6 is 0 Å². The van der Waals surface area contributed by atoms with Crippen molar-refractivity contribution in [2.75, 3.05) is 0 Å². The highest BCUT2D eigenvalue weighted by Gasteiger charge is 2.13. The van der Waals surface area contributed by atoms with Crippen LogP contribution in [0.25, 0.3) is 33.8 Å². The summed E-state index contributed by atoms with van der Waals surface area (Å²) in [6.45, 7) is 4.43. The van der Waals surface area contributed by atoms with Crippen LogP contribution in [0.3, 0.4) is 0 Å². The first-order valence-electron chi connectivity index (χ1n) is 10.1. The average Bonchev–Trinajstić information content (AvgIpc) is 3.43. The van der Waals surface area contributed by atoms with E-state index >= 15 is 0 Å². The number of aryl methyl sites for hydroxylation is 2. The van der Waals surface area contributed by atoms with Gasteiger partial charge in [0.1, 0.15) is 0 Å². The molecular formula is C25H21N5O. The molecule has 6 nitrogen and oxygen atoms in total. The summed E-state index contributed by atoms with van der Waals surface area (Å²) in [6, 6.07) is 24.5. The summed E-state index contributed by atoms with van der Waals surface area (Å²) in [5.74, 6) is 1.07. The van der Waals surface area contributed by atoms with Gasteiger partial charge in [-0.1, -0.05) is 42.5 Å². The van der Waals surface area contributed by atoms with Crippen LogP contribution in [-0.2, 0) is 6.54 Å². The molecule has 0 N–H and O–H groups in total. The lowest BCUT2D eigenvalue weighted by atomic mass is 9.97. The molecule has 3 heterocycles. The van der Waals surface area contributed by atoms with Crippen molar-refractivity contribution < 1.29 is 4.42 Å². The number of aromatic nitrogens is 5. The van der Waals surface area contributed by atoms with Crippen LogP contribution < -0.4 is 0 Å². The lowest BCUT2D eigenvalue weighted by Gasteiger charge is -2.08.